The first-order valence-electron chi connectivity index (χ1n) is 6.12. The maximum atomic E-state index is 10.9. The Morgan fingerprint density at radius 1 is 1.37 bits per heavy atom. The van der Waals surface area contributed by atoms with Gasteiger partial charge in [0.15, 0.2) is 6.04 Å². The summed E-state index contributed by atoms with van der Waals surface area (Å²) in [5.41, 5.74) is 1.11. The summed E-state index contributed by atoms with van der Waals surface area (Å²) in [4.78, 5) is 21.8. The van der Waals surface area contributed by atoms with Gasteiger partial charge in [-0.25, -0.2) is 4.79 Å². The zero-order valence-electron chi connectivity index (χ0n) is 11.3. The fraction of sp³-hybridized carbons (Fsp3) is 0.429. The van der Waals surface area contributed by atoms with E-state index in [1.54, 1.807) is 6.07 Å². The average molecular weight is 265 g/mol. The van der Waals surface area contributed by atoms with Gasteiger partial charge in [0, 0.05) is 6.92 Å². The number of amides is 1. The van der Waals surface area contributed by atoms with Crippen molar-refractivity contribution in [2.45, 2.75) is 32.7 Å². The summed E-state index contributed by atoms with van der Waals surface area (Å²) in [6.45, 7) is 5.30. The lowest BCUT2D eigenvalue weighted by Gasteiger charge is -2.15. The van der Waals surface area contributed by atoms with Crippen molar-refractivity contribution in [3.8, 4) is 5.75 Å². The number of hydrogen-bond acceptors (Lipinski definition) is 3. The van der Waals surface area contributed by atoms with E-state index in [2.05, 4.69) is 19.2 Å². The molecule has 5 heteroatoms. The van der Waals surface area contributed by atoms with Crippen LogP contribution in [0.15, 0.2) is 24.3 Å². The molecule has 1 unspecified atom stereocenters. The molecule has 0 bridgehead atoms. The minimum Gasteiger partial charge on any atom is -0.491 e. The molecule has 0 aliphatic rings. The van der Waals surface area contributed by atoms with E-state index in [9.17, 15) is 9.59 Å². The van der Waals surface area contributed by atoms with Crippen molar-refractivity contribution < 1.29 is 19.4 Å². The molecular weight excluding hydrogens is 246 g/mol. The smallest absolute Gasteiger partial charge is 0.329 e. The zero-order chi connectivity index (χ0) is 14.4. The minimum atomic E-state index is -1.12. The molecule has 0 radical (unpaired) electrons. The van der Waals surface area contributed by atoms with Gasteiger partial charge in [0.25, 0.3) is 0 Å². The van der Waals surface area contributed by atoms with Crippen molar-refractivity contribution in [1.82, 2.24) is 5.32 Å². The molecule has 19 heavy (non-hydrogen) atoms. The number of carbonyl (C=O) groups excluding carboxylic acids is 1. The highest BCUT2D eigenvalue weighted by molar-refractivity contribution is 5.82. The number of carboxylic acids is 1. The van der Waals surface area contributed by atoms with Crippen LogP contribution in [0.25, 0.3) is 0 Å². The van der Waals surface area contributed by atoms with Crippen molar-refractivity contribution in [2.75, 3.05) is 6.61 Å². The zero-order valence-corrected chi connectivity index (χ0v) is 11.3. The van der Waals surface area contributed by atoms with Gasteiger partial charge in [-0.05, 0) is 23.6 Å². The predicted octanol–water partition coefficient (Wildman–Crippen LogP) is 1.78. The molecule has 1 atom stereocenters. The van der Waals surface area contributed by atoms with E-state index in [0.717, 1.165) is 5.56 Å². The topological polar surface area (TPSA) is 75.6 Å². The van der Waals surface area contributed by atoms with E-state index in [-0.39, 0.29) is 6.61 Å². The lowest BCUT2D eigenvalue weighted by atomic mass is 10.0. The summed E-state index contributed by atoms with van der Waals surface area (Å²) >= 11 is 0. The van der Waals surface area contributed by atoms with E-state index in [1.165, 1.54) is 6.92 Å². The summed E-state index contributed by atoms with van der Waals surface area (Å²) in [5.74, 6) is -0.542. The van der Waals surface area contributed by atoms with Crippen LogP contribution in [0.1, 0.15) is 32.3 Å². The van der Waals surface area contributed by atoms with Gasteiger partial charge in [0.2, 0.25) is 5.91 Å². The highest BCUT2D eigenvalue weighted by atomic mass is 16.5. The van der Waals surface area contributed by atoms with Gasteiger partial charge in [0.1, 0.15) is 12.4 Å². The summed E-state index contributed by atoms with van der Waals surface area (Å²) in [7, 11) is 0. The van der Waals surface area contributed by atoms with Crippen molar-refractivity contribution >= 4 is 11.9 Å². The first kappa shape index (κ1) is 15.0. The number of hydrogen-bond donors (Lipinski definition) is 2. The Kier molecular flexibility index (Phi) is 5.36. The average Bonchev–Trinajstić information content (AvgIpc) is 2.34. The standard InChI is InChI=1S/C14H19NO4/c1-9(2)11-5-4-6-12(7-11)19-8-13(14(17)18)15-10(3)16/h4-7,9,13H,8H2,1-3H3,(H,15,16)(H,17,18). The Balaban J connectivity index is 2.66. The number of benzene rings is 1. The van der Waals surface area contributed by atoms with Crippen molar-refractivity contribution in [3.05, 3.63) is 29.8 Å². The molecule has 0 fully saturated rings. The molecule has 0 saturated carbocycles. The second-order valence-corrected chi connectivity index (χ2v) is 4.63. The monoisotopic (exact) mass is 265 g/mol. The number of carboxylic acid groups (broad SMARTS) is 1. The molecule has 0 spiro atoms. The first-order chi connectivity index (χ1) is 8.90. The normalized spacial score (nSPS) is 12.0. The van der Waals surface area contributed by atoms with Crippen LogP contribution in [0.3, 0.4) is 0 Å². The molecule has 0 heterocycles. The maximum absolute atomic E-state index is 10.9. The minimum absolute atomic E-state index is 0.101. The van der Waals surface area contributed by atoms with E-state index in [1.807, 2.05) is 18.2 Å². The largest absolute Gasteiger partial charge is 0.491 e. The van der Waals surface area contributed by atoms with Crippen LogP contribution in [0.2, 0.25) is 0 Å². The number of ether oxygens (including phenoxy) is 1. The Morgan fingerprint density at radius 3 is 2.58 bits per heavy atom. The van der Waals surface area contributed by atoms with Gasteiger partial charge in [-0.1, -0.05) is 26.0 Å². The summed E-state index contributed by atoms with van der Waals surface area (Å²) in [5, 5.41) is 11.3. The van der Waals surface area contributed by atoms with Crippen LogP contribution < -0.4 is 10.1 Å². The fourth-order valence-corrected chi connectivity index (χ4v) is 1.56. The van der Waals surface area contributed by atoms with Crippen LogP contribution in [-0.2, 0) is 9.59 Å². The third-order valence-electron chi connectivity index (χ3n) is 2.62. The Hall–Kier alpha value is -2.04. The fourth-order valence-electron chi connectivity index (χ4n) is 1.56. The summed E-state index contributed by atoms with van der Waals surface area (Å²) < 4.78 is 5.43. The predicted molar refractivity (Wildman–Crippen MR) is 71.3 cm³/mol. The second kappa shape index (κ2) is 6.78. The third kappa shape index (κ3) is 4.99. The molecule has 0 aromatic heterocycles. The molecule has 104 valence electrons. The van der Waals surface area contributed by atoms with Crippen molar-refractivity contribution in [1.29, 1.82) is 0 Å². The van der Waals surface area contributed by atoms with Gasteiger partial charge >= 0.3 is 5.97 Å². The molecule has 5 nitrogen and oxygen atoms in total. The van der Waals surface area contributed by atoms with Crippen LogP contribution >= 0.6 is 0 Å². The number of rotatable bonds is 6. The molecule has 1 aromatic rings. The lowest BCUT2D eigenvalue weighted by Crippen LogP contribution is -2.43. The summed E-state index contributed by atoms with van der Waals surface area (Å²) in [6.07, 6.45) is 0. The highest BCUT2D eigenvalue weighted by Crippen LogP contribution is 2.20. The molecule has 0 aliphatic heterocycles. The van der Waals surface area contributed by atoms with Crippen molar-refractivity contribution in [3.63, 3.8) is 0 Å². The van der Waals surface area contributed by atoms with Crippen LogP contribution in [-0.4, -0.2) is 29.6 Å². The van der Waals surface area contributed by atoms with Crippen LogP contribution in [0.5, 0.6) is 5.75 Å². The van der Waals surface area contributed by atoms with Crippen molar-refractivity contribution in [2.24, 2.45) is 0 Å². The van der Waals surface area contributed by atoms with Gasteiger partial charge in [-0.2, -0.15) is 0 Å². The molecule has 2 N–H and O–H groups in total. The Labute approximate surface area is 112 Å². The maximum Gasteiger partial charge on any atom is 0.329 e. The lowest BCUT2D eigenvalue weighted by molar-refractivity contribution is -0.142. The molecule has 1 amide bonds. The third-order valence-corrected chi connectivity index (χ3v) is 2.62. The van der Waals surface area contributed by atoms with Crippen LogP contribution in [0.4, 0.5) is 0 Å². The molecule has 1 aromatic carbocycles. The molecule has 0 aliphatic carbocycles. The van der Waals surface area contributed by atoms with Crippen LogP contribution in [0, 0.1) is 0 Å². The number of nitrogens with one attached hydrogen (secondary N) is 1. The molecule has 1 rings (SSSR count). The van der Waals surface area contributed by atoms with Gasteiger partial charge in [0.05, 0.1) is 0 Å². The molecule has 0 saturated heterocycles. The van der Waals surface area contributed by atoms with E-state index in [4.69, 9.17) is 9.84 Å². The van der Waals surface area contributed by atoms with Gasteiger partial charge < -0.3 is 15.2 Å². The van der Waals surface area contributed by atoms with E-state index < -0.39 is 17.9 Å². The first-order valence-corrected chi connectivity index (χ1v) is 6.12. The van der Waals surface area contributed by atoms with E-state index in [0.29, 0.717) is 11.7 Å². The van der Waals surface area contributed by atoms with E-state index >= 15 is 0 Å². The quantitative estimate of drug-likeness (QED) is 0.822. The SMILES string of the molecule is CC(=O)NC(COc1cccc(C(C)C)c1)C(=O)O. The molecular formula is C14H19NO4. The Morgan fingerprint density at radius 2 is 2.05 bits per heavy atom. The Bertz CT molecular complexity index is 457. The van der Waals surface area contributed by atoms with Gasteiger partial charge in [-0.3, -0.25) is 4.79 Å². The highest BCUT2D eigenvalue weighted by Gasteiger charge is 2.19. The second-order valence-electron chi connectivity index (χ2n) is 4.63. The van der Waals surface area contributed by atoms with Gasteiger partial charge in [-0.15, -0.1) is 0 Å². The number of aliphatic carboxylic acids is 1. The number of carbonyl (C=O) groups is 2. The summed E-state index contributed by atoms with van der Waals surface area (Å²) in [6, 6.07) is 6.44.